The normalized spacial score (nSPS) is 33.1. The molecule has 0 N–H and O–H groups in total. The Hall–Kier alpha value is 0. The predicted molar refractivity (Wildman–Crippen MR) is 108 cm³/mol. The van der Waals surface area contributed by atoms with Gasteiger partial charge in [0.05, 0.1) is 0 Å². The summed E-state index contributed by atoms with van der Waals surface area (Å²) in [5.74, 6) is 1.98. The van der Waals surface area contributed by atoms with Gasteiger partial charge in [0.1, 0.15) is 0 Å². The third-order valence-electron chi connectivity index (χ3n) is 6.54. The molecule has 0 amide bonds. The number of hydrogen-bond donors (Lipinski definition) is 0. The van der Waals surface area contributed by atoms with Gasteiger partial charge in [-0.25, -0.2) is 0 Å². The third kappa shape index (κ3) is 8.08. The molecule has 2 fully saturated rings. The number of hydrogen-bond acceptors (Lipinski definition) is 0. The van der Waals surface area contributed by atoms with Crippen molar-refractivity contribution < 1.29 is 0 Å². The van der Waals surface area contributed by atoms with Gasteiger partial charge < -0.3 is 0 Å². The fourth-order valence-electron chi connectivity index (χ4n) is 5.29. The van der Waals surface area contributed by atoms with Gasteiger partial charge in [0, 0.05) is 0 Å². The van der Waals surface area contributed by atoms with Crippen molar-refractivity contribution in [3.63, 3.8) is 0 Å². The third-order valence-corrected chi connectivity index (χ3v) is 6.54. The molecule has 23 heavy (non-hydrogen) atoms. The molecule has 2 aliphatic rings. The van der Waals surface area contributed by atoms with E-state index in [9.17, 15) is 0 Å². The Morgan fingerprint density at radius 3 is 1.74 bits per heavy atom. The maximum absolute atomic E-state index is 2.46. The highest BCUT2D eigenvalue weighted by molar-refractivity contribution is 4.89. The number of rotatable bonds is 2. The molecule has 0 heterocycles. The van der Waals surface area contributed by atoms with Crippen LogP contribution in [0.3, 0.4) is 0 Å². The van der Waals surface area contributed by atoms with Gasteiger partial charge in [-0.05, 0) is 73.0 Å². The lowest BCUT2D eigenvalue weighted by Crippen LogP contribution is -2.34. The molecule has 2 atom stereocenters. The zero-order valence-corrected chi connectivity index (χ0v) is 17.0. The van der Waals surface area contributed by atoms with E-state index in [0.29, 0.717) is 16.2 Å². The van der Waals surface area contributed by atoms with Crippen LogP contribution in [-0.2, 0) is 0 Å². The second-order valence-electron chi connectivity index (χ2n) is 10.5. The quantitative estimate of drug-likeness (QED) is 0.477. The van der Waals surface area contributed by atoms with E-state index in [1.165, 1.54) is 57.8 Å². The molecule has 0 spiro atoms. The maximum Gasteiger partial charge on any atom is -0.0321 e. The maximum atomic E-state index is 2.46. The molecule has 140 valence electrons. The highest BCUT2D eigenvalue weighted by atomic mass is 14.4. The summed E-state index contributed by atoms with van der Waals surface area (Å²) in [5.41, 5.74) is 1.87. The summed E-state index contributed by atoms with van der Waals surface area (Å²) >= 11 is 0. The minimum atomic E-state index is 0. The first-order valence-electron chi connectivity index (χ1n) is 10.0. The van der Waals surface area contributed by atoms with Gasteiger partial charge in [-0.3, -0.25) is 0 Å². The Morgan fingerprint density at radius 1 is 0.826 bits per heavy atom. The van der Waals surface area contributed by atoms with Crippen LogP contribution < -0.4 is 0 Å². The van der Waals surface area contributed by atoms with E-state index in [-0.39, 0.29) is 7.43 Å². The summed E-state index contributed by atoms with van der Waals surface area (Å²) in [6, 6.07) is 0. The van der Waals surface area contributed by atoms with Crippen molar-refractivity contribution in [2.75, 3.05) is 0 Å². The molecule has 0 aromatic rings. The minimum absolute atomic E-state index is 0. The van der Waals surface area contributed by atoms with Crippen LogP contribution in [0.1, 0.15) is 121 Å². The highest BCUT2D eigenvalue weighted by Gasteiger charge is 2.38. The molecular weight excluding hydrogens is 276 g/mol. The van der Waals surface area contributed by atoms with E-state index in [2.05, 4.69) is 55.4 Å². The molecule has 0 bridgehead atoms. The molecular formula is C23H48. The molecule has 0 nitrogen and oxygen atoms in total. The lowest BCUT2D eigenvalue weighted by atomic mass is 9.60. The van der Waals surface area contributed by atoms with Gasteiger partial charge in [-0.2, -0.15) is 0 Å². The molecule has 0 radical (unpaired) electrons. The molecule has 2 saturated carbocycles. The van der Waals surface area contributed by atoms with Crippen molar-refractivity contribution >= 4 is 0 Å². The van der Waals surface area contributed by atoms with Gasteiger partial charge in [-0.15, -0.1) is 0 Å². The first-order chi connectivity index (χ1) is 10.0. The molecule has 2 aliphatic carbocycles. The monoisotopic (exact) mass is 324 g/mol. The van der Waals surface area contributed by atoms with Crippen molar-refractivity contribution in [2.24, 2.45) is 28.1 Å². The zero-order valence-electron chi connectivity index (χ0n) is 17.0. The van der Waals surface area contributed by atoms with Crippen molar-refractivity contribution in [2.45, 2.75) is 121 Å². The second-order valence-corrected chi connectivity index (χ2v) is 10.5. The molecule has 0 aromatic heterocycles. The Labute approximate surface area is 149 Å². The van der Waals surface area contributed by atoms with Gasteiger partial charge in [0.25, 0.3) is 0 Å². The Kier molecular flexibility index (Phi) is 8.91. The first-order valence-corrected chi connectivity index (χ1v) is 10.0. The van der Waals surface area contributed by atoms with Crippen molar-refractivity contribution in [3.8, 4) is 0 Å². The van der Waals surface area contributed by atoms with E-state index in [1.807, 2.05) is 0 Å². The van der Waals surface area contributed by atoms with E-state index < -0.39 is 0 Å². The fourth-order valence-corrected chi connectivity index (χ4v) is 5.29. The summed E-state index contributed by atoms with van der Waals surface area (Å²) in [4.78, 5) is 0. The molecule has 0 heteroatoms. The molecule has 0 aromatic carbocycles. The predicted octanol–water partition coefficient (Wildman–Crippen LogP) is 8.50. The summed E-state index contributed by atoms with van der Waals surface area (Å²) in [7, 11) is 0. The van der Waals surface area contributed by atoms with Crippen LogP contribution in [0.25, 0.3) is 0 Å². The molecule has 2 unspecified atom stereocenters. The second kappa shape index (κ2) is 8.91. The summed E-state index contributed by atoms with van der Waals surface area (Å²) in [6.07, 6.45) is 12.9. The van der Waals surface area contributed by atoms with Crippen LogP contribution >= 0.6 is 0 Å². The SMILES string of the molecule is C.CCC1(C)CC(C)CC(C)(C)C1.CCC1CCC(C)(C)CC1. The van der Waals surface area contributed by atoms with E-state index in [1.54, 1.807) is 0 Å². The van der Waals surface area contributed by atoms with Crippen molar-refractivity contribution in [3.05, 3.63) is 0 Å². The zero-order chi connectivity index (χ0) is 17.0. The van der Waals surface area contributed by atoms with Crippen LogP contribution in [-0.4, -0.2) is 0 Å². The average molecular weight is 325 g/mol. The smallest absolute Gasteiger partial charge is 0.0321 e. The van der Waals surface area contributed by atoms with Crippen molar-refractivity contribution in [1.82, 2.24) is 0 Å². The summed E-state index contributed by atoms with van der Waals surface area (Å²) < 4.78 is 0. The van der Waals surface area contributed by atoms with E-state index >= 15 is 0 Å². The Balaban J connectivity index is 0.000000409. The van der Waals surface area contributed by atoms with Crippen LogP contribution in [0.2, 0.25) is 0 Å². The van der Waals surface area contributed by atoms with Crippen LogP contribution in [0.5, 0.6) is 0 Å². The topological polar surface area (TPSA) is 0 Å². The van der Waals surface area contributed by atoms with Gasteiger partial charge in [0.2, 0.25) is 0 Å². The van der Waals surface area contributed by atoms with Crippen LogP contribution in [0.15, 0.2) is 0 Å². The van der Waals surface area contributed by atoms with Crippen LogP contribution in [0.4, 0.5) is 0 Å². The molecule has 0 saturated heterocycles. The lowest BCUT2D eigenvalue weighted by molar-refractivity contribution is 0.0582. The Bertz CT molecular complexity index is 315. The van der Waals surface area contributed by atoms with Crippen LogP contribution in [0, 0.1) is 28.1 Å². The van der Waals surface area contributed by atoms with Gasteiger partial charge in [0.15, 0.2) is 0 Å². The molecule has 2 rings (SSSR count). The Morgan fingerprint density at radius 2 is 1.35 bits per heavy atom. The molecule has 0 aliphatic heterocycles. The first kappa shape index (κ1) is 23.0. The summed E-state index contributed by atoms with van der Waals surface area (Å²) in [6.45, 7) is 19.2. The van der Waals surface area contributed by atoms with E-state index in [0.717, 1.165) is 11.8 Å². The highest BCUT2D eigenvalue weighted by Crippen LogP contribution is 2.49. The van der Waals surface area contributed by atoms with E-state index in [4.69, 9.17) is 0 Å². The lowest BCUT2D eigenvalue weighted by Gasteiger charge is -2.45. The average Bonchev–Trinajstić information content (AvgIpc) is 2.37. The fraction of sp³-hybridized carbons (Fsp3) is 1.00. The largest absolute Gasteiger partial charge is 0.0776 e. The minimum Gasteiger partial charge on any atom is -0.0776 e. The van der Waals surface area contributed by atoms with Crippen molar-refractivity contribution in [1.29, 1.82) is 0 Å². The van der Waals surface area contributed by atoms with Gasteiger partial charge in [-0.1, -0.05) is 75.7 Å². The standard InChI is InChI=1S/C12H24.C10H20.CH4/c1-6-12(5)8-10(2)7-11(3,4)9-12;1-4-9-5-7-10(2,3)8-6-9;/h10H,6-9H2,1-5H3;9H,4-8H2,1-3H3;1H4. The van der Waals surface area contributed by atoms with Gasteiger partial charge >= 0.3 is 0 Å². The summed E-state index contributed by atoms with van der Waals surface area (Å²) in [5, 5.41) is 0.